The van der Waals surface area contributed by atoms with Crippen LogP contribution in [0.5, 0.6) is 0 Å². The zero-order chi connectivity index (χ0) is 8.97. The molecule has 0 aliphatic heterocycles. The van der Waals surface area contributed by atoms with Crippen molar-refractivity contribution in [2.75, 3.05) is 7.11 Å². The van der Waals surface area contributed by atoms with Crippen molar-refractivity contribution < 1.29 is 4.84 Å². The zero-order valence-electron chi connectivity index (χ0n) is 7.23. The van der Waals surface area contributed by atoms with Gasteiger partial charge in [0.1, 0.15) is 0 Å². The van der Waals surface area contributed by atoms with Crippen LogP contribution in [-0.4, -0.2) is 7.11 Å². The first-order valence-electron chi connectivity index (χ1n) is 3.75. The smallest absolute Gasteiger partial charge is 0.0572 e. The Balaban J connectivity index is 2.75. The van der Waals surface area contributed by atoms with Gasteiger partial charge in [0.05, 0.1) is 7.11 Å². The highest BCUT2D eigenvalue weighted by atomic mass is 79.9. The van der Waals surface area contributed by atoms with E-state index >= 15 is 0 Å². The zero-order valence-corrected chi connectivity index (χ0v) is 8.81. The molecule has 0 aliphatic rings. The van der Waals surface area contributed by atoms with E-state index < -0.39 is 0 Å². The summed E-state index contributed by atoms with van der Waals surface area (Å²) in [6.45, 7) is 2.82. The molecular formula is C9H12BrNO. The quantitative estimate of drug-likeness (QED) is 0.805. The Labute approximate surface area is 81.0 Å². The first-order chi connectivity index (χ1) is 5.74. The third-order valence-electron chi connectivity index (χ3n) is 1.72. The van der Waals surface area contributed by atoms with Crippen LogP contribution in [0.2, 0.25) is 0 Å². The molecule has 0 bridgehead atoms. The number of nitrogens with one attached hydrogen (secondary N) is 1. The number of hydrogen-bond acceptors (Lipinski definition) is 2. The lowest BCUT2D eigenvalue weighted by Crippen LogP contribution is -2.11. The van der Waals surface area contributed by atoms with Crippen molar-refractivity contribution in [2.24, 2.45) is 0 Å². The summed E-state index contributed by atoms with van der Waals surface area (Å²) >= 11 is 3.42. The minimum absolute atomic E-state index is 0.738. The van der Waals surface area contributed by atoms with Gasteiger partial charge in [-0.1, -0.05) is 22.0 Å². The van der Waals surface area contributed by atoms with Crippen LogP contribution in [0, 0.1) is 6.92 Å². The van der Waals surface area contributed by atoms with Crippen LogP contribution in [0.15, 0.2) is 22.7 Å². The van der Waals surface area contributed by atoms with E-state index in [1.54, 1.807) is 7.11 Å². The van der Waals surface area contributed by atoms with Crippen molar-refractivity contribution >= 4 is 15.9 Å². The first-order valence-corrected chi connectivity index (χ1v) is 4.54. The van der Waals surface area contributed by atoms with Gasteiger partial charge in [-0.15, -0.1) is 0 Å². The second-order valence-corrected chi connectivity index (χ2v) is 3.51. The average Bonchev–Trinajstić information content (AvgIpc) is 2.07. The monoisotopic (exact) mass is 229 g/mol. The van der Waals surface area contributed by atoms with E-state index in [4.69, 9.17) is 4.84 Å². The van der Waals surface area contributed by atoms with Gasteiger partial charge in [0, 0.05) is 11.0 Å². The fourth-order valence-corrected chi connectivity index (χ4v) is 1.39. The number of halogens is 1. The number of benzene rings is 1. The van der Waals surface area contributed by atoms with Gasteiger partial charge in [-0.2, -0.15) is 5.48 Å². The molecule has 3 heteroatoms. The van der Waals surface area contributed by atoms with Gasteiger partial charge in [-0.05, 0) is 30.2 Å². The maximum atomic E-state index is 4.78. The van der Waals surface area contributed by atoms with Crippen molar-refractivity contribution in [2.45, 2.75) is 13.5 Å². The summed E-state index contributed by atoms with van der Waals surface area (Å²) < 4.78 is 1.10. The Kier molecular flexibility index (Phi) is 3.72. The first kappa shape index (κ1) is 9.71. The van der Waals surface area contributed by atoms with Crippen LogP contribution < -0.4 is 5.48 Å². The predicted molar refractivity (Wildman–Crippen MR) is 52.7 cm³/mol. The van der Waals surface area contributed by atoms with Crippen molar-refractivity contribution in [1.82, 2.24) is 5.48 Å². The molecule has 0 fully saturated rings. The van der Waals surface area contributed by atoms with Crippen LogP contribution in [-0.2, 0) is 11.4 Å². The molecule has 66 valence electrons. The number of hydrogen-bond donors (Lipinski definition) is 1. The van der Waals surface area contributed by atoms with Gasteiger partial charge in [0.25, 0.3) is 0 Å². The molecule has 1 aromatic rings. The summed E-state index contributed by atoms with van der Waals surface area (Å²) in [5, 5.41) is 0. The lowest BCUT2D eigenvalue weighted by Gasteiger charge is -2.06. The Morgan fingerprint density at radius 1 is 1.50 bits per heavy atom. The van der Waals surface area contributed by atoms with Crippen molar-refractivity contribution in [3.05, 3.63) is 33.8 Å². The van der Waals surface area contributed by atoms with E-state index in [-0.39, 0.29) is 0 Å². The van der Waals surface area contributed by atoms with Crippen LogP contribution in [0.1, 0.15) is 11.1 Å². The molecule has 0 amide bonds. The maximum Gasteiger partial charge on any atom is 0.0572 e. The van der Waals surface area contributed by atoms with Gasteiger partial charge < -0.3 is 4.84 Å². The van der Waals surface area contributed by atoms with E-state index in [1.807, 2.05) is 6.07 Å². The molecule has 0 unspecified atom stereocenters. The highest BCUT2D eigenvalue weighted by Crippen LogP contribution is 2.15. The number of aryl methyl sites for hydroxylation is 1. The molecule has 0 saturated heterocycles. The van der Waals surface area contributed by atoms with E-state index in [9.17, 15) is 0 Å². The van der Waals surface area contributed by atoms with Crippen LogP contribution in [0.4, 0.5) is 0 Å². The third kappa shape index (κ3) is 2.59. The van der Waals surface area contributed by atoms with Gasteiger partial charge in [-0.25, -0.2) is 0 Å². The molecule has 12 heavy (non-hydrogen) atoms. The fraction of sp³-hybridized carbons (Fsp3) is 0.333. The van der Waals surface area contributed by atoms with Crippen LogP contribution in [0.3, 0.4) is 0 Å². The molecule has 0 aromatic heterocycles. The highest BCUT2D eigenvalue weighted by molar-refractivity contribution is 9.10. The van der Waals surface area contributed by atoms with Crippen molar-refractivity contribution in [1.29, 1.82) is 0 Å². The molecule has 2 nitrogen and oxygen atoms in total. The lowest BCUT2D eigenvalue weighted by atomic mass is 10.1. The summed E-state index contributed by atoms with van der Waals surface area (Å²) in [4.78, 5) is 4.78. The fourth-order valence-electron chi connectivity index (χ4n) is 0.980. The summed E-state index contributed by atoms with van der Waals surface area (Å²) in [6.07, 6.45) is 0. The van der Waals surface area contributed by atoms with Gasteiger partial charge in [0.15, 0.2) is 0 Å². The molecule has 0 saturated carbocycles. The average molecular weight is 230 g/mol. The van der Waals surface area contributed by atoms with Gasteiger partial charge >= 0.3 is 0 Å². The van der Waals surface area contributed by atoms with Gasteiger partial charge in [-0.3, -0.25) is 0 Å². The standard InChI is InChI=1S/C9H12BrNO/c1-7-3-4-9(10)5-8(7)6-11-12-2/h3-5,11H,6H2,1-2H3. The van der Waals surface area contributed by atoms with E-state index in [1.165, 1.54) is 11.1 Å². The van der Waals surface area contributed by atoms with Crippen LogP contribution >= 0.6 is 15.9 Å². The summed E-state index contributed by atoms with van der Waals surface area (Å²) in [6, 6.07) is 6.20. The minimum atomic E-state index is 0.738. The SMILES string of the molecule is CONCc1cc(Br)ccc1C. The van der Waals surface area contributed by atoms with E-state index in [2.05, 4.69) is 40.5 Å². The predicted octanol–water partition coefficient (Wildman–Crippen LogP) is 2.41. The molecule has 1 aromatic carbocycles. The second-order valence-electron chi connectivity index (χ2n) is 2.60. The summed E-state index contributed by atoms with van der Waals surface area (Å²) in [7, 11) is 1.62. The molecule has 0 aliphatic carbocycles. The normalized spacial score (nSPS) is 10.2. The Hall–Kier alpha value is -0.380. The minimum Gasteiger partial charge on any atom is -0.305 e. The summed E-state index contributed by atoms with van der Waals surface area (Å²) in [5.74, 6) is 0. The number of rotatable bonds is 3. The van der Waals surface area contributed by atoms with Gasteiger partial charge in [0.2, 0.25) is 0 Å². The van der Waals surface area contributed by atoms with Crippen LogP contribution in [0.25, 0.3) is 0 Å². The highest BCUT2D eigenvalue weighted by Gasteiger charge is 1.97. The molecule has 0 spiro atoms. The molecule has 0 radical (unpaired) electrons. The third-order valence-corrected chi connectivity index (χ3v) is 2.21. The second kappa shape index (κ2) is 4.60. The molecule has 0 atom stereocenters. The number of hydroxylamine groups is 1. The van der Waals surface area contributed by atoms with E-state index in [0.717, 1.165) is 11.0 Å². The summed E-state index contributed by atoms with van der Waals surface area (Å²) in [5.41, 5.74) is 5.32. The molecular weight excluding hydrogens is 218 g/mol. The maximum absolute atomic E-state index is 4.78. The Bertz CT molecular complexity index is 263. The Morgan fingerprint density at radius 2 is 2.25 bits per heavy atom. The molecule has 0 heterocycles. The molecule has 1 N–H and O–H groups in total. The lowest BCUT2D eigenvalue weighted by molar-refractivity contribution is 0.0866. The van der Waals surface area contributed by atoms with Crippen molar-refractivity contribution in [3.63, 3.8) is 0 Å². The van der Waals surface area contributed by atoms with E-state index in [0.29, 0.717) is 0 Å². The largest absolute Gasteiger partial charge is 0.305 e. The topological polar surface area (TPSA) is 21.3 Å². The van der Waals surface area contributed by atoms with Crippen molar-refractivity contribution in [3.8, 4) is 0 Å². The Morgan fingerprint density at radius 3 is 2.92 bits per heavy atom. The molecule has 1 rings (SSSR count).